The van der Waals surface area contributed by atoms with Crippen molar-refractivity contribution in [2.45, 2.75) is 13.0 Å². The van der Waals surface area contributed by atoms with Gasteiger partial charge in [-0.3, -0.25) is 10.1 Å². The number of aromatic nitrogens is 1. The van der Waals surface area contributed by atoms with Gasteiger partial charge < -0.3 is 4.74 Å². The number of carbonyl (C=O) groups excluding carboxylic acids is 1. The summed E-state index contributed by atoms with van der Waals surface area (Å²) in [6, 6.07) is 15.1. The number of amides is 1. The van der Waals surface area contributed by atoms with Crippen molar-refractivity contribution in [2.75, 3.05) is 12.4 Å². The third-order valence-electron chi connectivity index (χ3n) is 3.57. The smallest absolute Gasteiger partial charge is 0.257 e. The van der Waals surface area contributed by atoms with Crippen LogP contribution in [0.5, 0.6) is 0 Å². The fraction of sp³-hybridized carbons (Fsp3) is 0.158. The summed E-state index contributed by atoms with van der Waals surface area (Å²) in [5.41, 5.74) is 2.69. The summed E-state index contributed by atoms with van der Waals surface area (Å²) >= 11 is 7.37. The first-order chi connectivity index (χ1) is 12.1. The number of rotatable bonds is 6. The van der Waals surface area contributed by atoms with E-state index in [1.165, 1.54) is 11.3 Å². The second-order valence-corrected chi connectivity index (χ2v) is 7.07. The molecule has 0 aliphatic rings. The molecule has 1 amide bonds. The number of anilines is 1. The molecule has 25 heavy (non-hydrogen) atoms. The molecule has 0 aliphatic heterocycles. The summed E-state index contributed by atoms with van der Waals surface area (Å²) in [5, 5.41) is 4.16. The van der Waals surface area contributed by atoms with Gasteiger partial charge in [0.2, 0.25) is 0 Å². The van der Waals surface area contributed by atoms with Crippen molar-refractivity contribution in [3.05, 3.63) is 81.3 Å². The van der Waals surface area contributed by atoms with Crippen molar-refractivity contribution in [3.63, 3.8) is 0 Å². The number of thiazole rings is 1. The maximum absolute atomic E-state index is 12.4. The lowest BCUT2D eigenvalue weighted by Crippen LogP contribution is -2.11. The minimum atomic E-state index is -0.176. The topological polar surface area (TPSA) is 51.2 Å². The van der Waals surface area contributed by atoms with E-state index in [-0.39, 0.29) is 5.91 Å². The largest absolute Gasteiger partial charge is 0.380 e. The highest BCUT2D eigenvalue weighted by Gasteiger charge is 2.10. The quantitative estimate of drug-likeness (QED) is 0.677. The minimum absolute atomic E-state index is 0.176. The number of nitrogens with zero attached hydrogens (tertiary/aromatic N) is 1. The molecule has 0 atom stereocenters. The van der Waals surface area contributed by atoms with E-state index < -0.39 is 0 Å². The van der Waals surface area contributed by atoms with Gasteiger partial charge in [0.05, 0.1) is 6.61 Å². The van der Waals surface area contributed by atoms with Crippen LogP contribution in [0, 0.1) is 0 Å². The van der Waals surface area contributed by atoms with Crippen LogP contribution in [-0.4, -0.2) is 18.0 Å². The number of methoxy groups -OCH3 is 1. The van der Waals surface area contributed by atoms with Gasteiger partial charge in [0.25, 0.3) is 5.91 Å². The lowest BCUT2D eigenvalue weighted by Gasteiger charge is -2.04. The predicted molar refractivity (Wildman–Crippen MR) is 101 cm³/mol. The first kappa shape index (κ1) is 17.6. The number of carbonyl (C=O) groups is 1. The first-order valence-corrected chi connectivity index (χ1v) is 8.92. The average Bonchev–Trinajstić information content (AvgIpc) is 3.04. The van der Waals surface area contributed by atoms with Crippen molar-refractivity contribution in [3.8, 4) is 0 Å². The Labute approximate surface area is 155 Å². The summed E-state index contributed by atoms with van der Waals surface area (Å²) in [4.78, 5) is 17.7. The molecule has 0 fully saturated rings. The van der Waals surface area contributed by atoms with Crippen molar-refractivity contribution in [1.29, 1.82) is 0 Å². The summed E-state index contributed by atoms with van der Waals surface area (Å²) in [6.07, 6.45) is 2.55. The van der Waals surface area contributed by atoms with Crippen LogP contribution in [0.25, 0.3) is 0 Å². The Morgan fingerprint density at radius 2 is 2.00 bits per heavy atom. The van der Waals surface area contributed by atoms with Gasteiger partial charge in [0, 0.05) is 35.2 Å². The Hall–Kier alpha value is -2.21. The Balaban J connectivity index is 1.65. The van der Waals surface area contributed by atoms with Crippen molar-refractivity contribution >= 4 is 34.0 Å². The Morgan fingerprint density at radius 1 is 1.20 bits per heavy atom. The van der Waals surface area contributed by atoms with Crippen LogP contribution in [-0.2, 0) is 17.8 Å². The van der Waals surface area contributed by atoms with Crippen molar-refractivity contribution < 1.29 is 9.53 Å². The summed E-state index contributed by atoms with van der Waals surface area (Å²) in [5.74, 6) is -0.176. The molecular formula is C19H17ClN2O2S. The first-order valence-electron chi connectivity index (χ1n) is 7.72. The fourth-order valence-electron chi connectivity index (χ4n) is 2.39. The summed E-state index contributed by atoms with van der Waals surface area (Å²) in [7, 11) is 1.63. The number of hydrogen-bond acceptors (Lipinski definition) is 4. The summed E-state index contributed by atoms with van der Waals surface area (Å²) < 4.78 is 5.10. The molecular weight excluding hydrogens is 356 g/mol. The maximum Gasteiger partial charge on any atom is 0.257 e. The molecule has 3 aromatic rings. The Kier molecular flexibility index (Phi) is 5.81. The van der Waals surface area contributed by atoms with Crippen LogP contribution in [0.1, 0.15) is 26.4 Å². The molecule has 0 saturated heterocycles. The van der Waals surface area contributed by atoms with Gasteiger partial charge in [-0.2, -0.15) is 0 Å². The lowest BCUT2D eigenvalue weighted by molar-refractivity contribution is 0.102. The van der Waals surface area contributed by atoms with Crippen LogP contribution in [0.3, 0.4) is 0 Å². The predicted octanol–water partition coefficient (Wildman–Crippen LogP) is 4.79. The molecule has 1 heterocycles. The monoisotopic (exact) mass is 372 g/mol. The van der Waals surface area contributed by atoms with Crippen LogP contribution in [0.2, 0.25) is 5.02 Å². The number of nitrogens with one attached hydrogen (secondary N) is 1. The van der Waals surface area contributed by atoms with Gasteiger partial charge in [-0.1, -0.05) is 35.9 Å². The van der Waals surface area contributed by atoms with Crippen molar-refractivity contribution in [2.24, 2.45) is 0 Å². The summed E-state index contributed by atoms with van der Waals surface area (Å²) in [6.45, 7) is 0.476. The molecule has 0 saturated carbocycles. The number of halogens is 1. The lowest BCUT2D eigenvalue weighted by atomic mass is 10.1. The third-order valence-corrected chi connectivity index (χ3v) is 4.73. The van der Waals surface area contributed by atoms with Crippen LogP contribution < -0.4 is 5.32 Å². The molecule has 2 aromatic carbocycles. The maximum atomic E-state index is 12.4. The van der Waals surface area contributed by atoms with Crippen molar-refractivity contribution in [1.82, 2.24) is 4.98 Å². The van der Waals surface area contributed by atoms with Gasteiger partial charge >= 0.3 is 0 Å². The second-order valence-electron chi connectivity index (χ2n) is 5.52. The minimum Gasteiger partial charge on any atom is -0.380 e. The molecule has 6 heteroatoms. The number of ether oxygens (including phenoxy) is 1. The van der Waals surface area contributed by atoms with E-state index in [9.17, 15) is 4.79 Å². The molecule has 0 aliphatic carbocycles. The molecule has 128 valence electrons. The zero-order chi connectivity index (χ0) is 17.6. The normalized spacial score (nSPS) is 10.6. The Bertz CT molecular complexity index is 862. The molecule has 1 N–H and O–H groups in total. The van der Waals surface area contributed by atoms with Crippen LogP contribution in [0.15, 0.2) is 54.7 Å². The van der Waals surface area contributed by atoms with E-state index in [2.05, 4.69) is 10.3 Å². The fourth-order valence-corrected chi connectivity index (χ4v) is 3.36. The highest BCUT2D eigenvalue weighted by molar-refractivity contribution is 7.15. The van der Waals surface area contributed by atoms with E-state index in [1.807, 2.05) is 42.5 Å². The second kappa shape index (κ2) is 8.25. The zero-order valence-corrected chi connectivity index (χ0v) is 15.2. The highest BCUT2D eigenvalue weighted by atomic mass is 35.5. The van der Waals surface area contributed by atoms with E-state index >= 15 is 0 Å². The van der Waals surface area contributed by atoms with Gasteiger partial charge in [-0.15, -0.1) is 11.3 Å². The molecule has 0 unspecified atom stereocenters. The van der Waals surface area contributed by atoms with Gasteiger partial charge in [0.15, 0.2) is 5.13 Å². The van der Waals surface area contributed by atoms with E-state index in [0.717, 1.165) is 27.4 Å². The molecule has 0 spiro atoms. The standard InChI is InChI=1S/C19H17ClN2O2S/c1-24-12-14-3-2-4-15(9-14)18(23)22-19-21-11-17(25-19)10-13-5-7-16(20)8-6-13/h2-9,11H,10,12H2,1H3,(H,21,22,23). The molecule has 0 bridgehead atoms. The molecule has 1 aromatic heterocycles. The SMILES string of the molecule is COCc1cccc(C(=O)Nc2ncc(Cc3ccc(Cl)cc3)s2)c1. The molecule has 3 rings (SSSR count). The van der Waals surface area contributed by atoms with Gasteiger partial charge in [-0.05, 0) is 35.4 Å². The molecule has 4 nitrogen and oxygen atoms in total. The van der Waals surface area contributed by atoms with E-state index in [4.69, 9.17) is 16.3 Å². The van der Waals surface area contributed by atoms with Crippen LogP contribution >= 0.6 is 22.9 Å². The van der Waals surface area contributed by atoms with Gasteiger partial charge in [-0.25, -0.2) is 4.98 Å². The third kappa shape index (κ3) is 4.89. The zero-order valence-electron chi connectivity index (χ0n) is 13.7. The number of hydrogen-bond donors (Lipinski definition) is 1. The molecule has 0 radical (unpaired) electrons. The highest BCUT2D eigenvalue weighted by Crippen LogP contribution is 2.22. The number of benzene rings is 2. The average molecular weight is 373 g/mol. The Morgan fingerprint density at radius 3 is 2.76 bits per heavy atom. The van der Waals surface area contributed by atoms with Crippen LogP contribution in [0.4, 0.5) is 5.13 Å². The van der Waals surface area contributed by atoms with E-state index in [0.29, 0.717) is 17.3 Å². The van der Waals surface area contributed by atoms with E-state index in [1.54, 1.807) is 19.4 Å². The van der Waals surface area contributed by atoms with Gasteiger partial charge in [0.1, 0.15) is 0 Å².